The Kier molecular flexibility index (Phi) is 8.13. The van der Waals surface area contributed by atoms with Crippen molar-refractivity contribution in [2.45, 2.75) is 29.4 Å². The Morgan fingerprint density at radius 1 is 0.833 bits per heavy atom. The summed E-state index contributed by atoms with van der Waals surface area (Å²) in [5.74, 6) is 0.403. The van der Waals surface area contributed by atoms with Crippen molar-refractivity contribution >= 4 is 39.1 Å². The average Bonchev–Trinajstić information content (AvgIpc) is 2.88. The van der Waals surface area contributed by atoms with E-state index in [0.29, 0.717) is 11.4 Å². The maximum atomic E-state index is 13.5. The lowest BCUT2D eigenvalue weighted by Gasteiger charge is -2.24. The highest BCUT2D eigenvalue weighted by molar-refractivity contribution is 7.98. The lowest BCUT2D eigenvalue weighted by atomic mass is 10.1. The van der Waals surface area contributed by atoms with E-state index >= 15 is 0 Å². The second-order valence-corrected chi connectivity index (χ2v) is 11.4. The van der Waals surface area contributed by atoms with Crippen molar-refractivity contribution in [2.24, 2.45) is 0 Å². The van der Waals surface area contributed by atoms with Gasteiger partial charge in [-0.25, -0.2) is 8.42 Å². The number of anilines is 2. The zero-order chi connectivity index (χ0) is 25.5. The molecule has 0 radical (unpaired) electrons. The van der Waals surface area contributed by atoms with Crippen molar-refractivity contribution < 1.29 is 13.2 Å². The molecule has 4 aromatic carbocycles. The molecular formula is C29H28N2O3S2. The minimum atomic E-state index is -3.94. The van der Waals surface area contributed by atoms with Gasteiger partial charge in [-0.05, 0) is 73.0 Å². The van der Waals surface area contributed by atoms with Crippen molar-refractivity contribution in [2.75, 3.05) is 16.2 Å². The molecule has 0 spiro atoms. The molecule has 0 fully saturated rings. The molecule has 1 amide bonds. The number of hydrogen-bond acceptors (Lipinski definition) is 4. The SMILES string of the molecule is Cc1cccc(N(CC(=O)Nc2ccc(CSc3ccccc3)cc2C)S(=O)(=O)c2ccccc2)c1. The van der Waals surface area contributed by atoms with Crippen LogP contribution in [0.25, 0.3) is 0 Å². The standard InChI is InChI=1S/C29H28N2O3S2/c1-22-10-9-11-25(18-22)31(36(33,34)27-14-7-4-8-15-27)20-29(32)30-28-17-16-24(19-23(28)2)21-35-26-12-5-3-6-13-26/h3-19H,20-21H2,1-2H3,(H,30,32). The van der Waals surface area contributed by atoms with Crippen LogP contribution in [0.15, 0.2) is 113 Å². The Balaban J connectivity index is 1.51. The van der Waals surface area contributed by atoms with Crippen molar-refractivity contribution in [1.29, 1.82) is 0 Å². The maximum Gasteiger partial charge on any atom is 0.264 e. The van der Waals surface area contributed by atoms with Crippen LogP contribution in [0.4, 0.5) is 11.4 Å². The second kappa shape index (κ2) is 11.5. The third kappa shape index (κ3) is 6.36. The lowest BCUT2D eigenvalue weighted by molar-refractivity contribution is -0.114. The molecular weight excluding hydrogens is 488 g/mol. The van der Waals surface area contributed by atoms with Gasteiger partial charge < -0.3 is 5.32 Å². The first-order valence-electron chi connectivity index (χ1n) is 11.5. The van der Waals surface area contributed by atoms with E-state index in [1.54, 1.807) is 48.2 Å². The van der Waals surface area contributed by atoms with Gasteiger partial charge in [0.2, 0.25) is 5.91 Å². The summed E-state index contributed by atoms with van der Waals surface area (Å²) in [7, 11) is -3.94. The van der Waals surface area contributed by atoms with Gasteiger partial charge in [-0.2, -0.15) is 0 Å². The lowest BCUT2D eigenvalue weighted by Crippen LogP contribution is -2.38. The summed E-state index contributed by atoms with van der Waals surface area (Å²) in [4.78, 5) is 14.4. The van der Waals surface area contributed by atoms with E-state index in [0.717, 1.165) is 26.7 Å². The van der Waals surface area contributed by atoms with E-state index in [9.17, 15) is 13.2 Å². The number of aryl methyl sites for hydroxylation is 2. The van der Waals surface area contributed by atoms with Crippen LogP contribution in [-0.2, 0) is 20.6 Å². The van der Waals surface area contributed by atoms with Gasteiger partial charge >= 0.3 is 0 Å². The molecule has 0 aromatic heterocycles. The first-order chi connectivity index (χ1) is 17.3. The monoisotopic (exact) mass is 516 g/mol. The van der Waals surface area contributed by atoms with Gasteiger partial charge in [-0.15, -0.1) is 11.8 Å². The number of sulfonamides is 1. The van der Waals surface area contributed by atoms with Gasteiger partial charge in [0, 0.05) is 16.3 Å². The summed E-state index contributed by atoms with van der Waals surface area (Å²) in [6, 6.07) is 31.4. The zero-order valence-electron chi connectivity index (χ0n) is 20.2. The van der Waals surface area contributed by atoms with Gasteiger partial charge in [0.15, 0.2) is 0 Å². The molecule has 1 N–H and O–H groups in total. The number of carbonyl (C=O) groups is 1. The Hall–Kier alpha value is -3.55. The van der Waals surface area contributed by atoms with Crippen molar-refractivity contribution in [3.05, 3.63) is 120 Å². The van der Waals surface area contributed by atoms with Crippen LogP contribution >= 0.6 is 11.8 Å². The van der Waals surface area contributed by atoms with Crippen molar-refractivity contribution in [3.8, 4) is 0 Å². The van der Waals surface area contributed by atoms with E-state index in [1.165, 1.54) is 17.0 Å². The number of nitrogens with zero attached hydrogens (tertiary/aromatic N) is 1. The van der Waals surface area contributed by atoms with Crippen LogP contribution in [0.3, 0.4) is 0 Å². The first kappa shape index (κ1) is 25.5. The molecule has 0 unspecified atom stereocenters. The molecule has 0 saturated heterocycles. The van der Waals surface area contributed by atoms with E-state index in [2.05, 4.69) is 17.4 Å². The minimum absolute atomic E-state index is 0.135. The van der Waals surface area contributed by atoms with E-state index in [1.807, 2.05) is 56.3 Å². The molecule has 5 nitrogen and oxygen atoms in total. The molecule has 0 aliphatic heterocycles. The van der Waals surface area contributed by atoms with Crippen LogP contribution in [0.1, 0.15) is 16.7 Å². The topological polar surface area (TPSA) is 66.5 Å². The summed E-state index contributed by atoms with van der Waals surface area (Å²) >= 11 is 1.75. The van der Waals surface area contributed by atoms with Crippen LogP contribution < -0.4 is 9.62 Å². The number of carbonyl (C=O) groups excluding carboxylic acids is 1. The number of nitrogens with one attached hydrogen (secondary N) is 1. The Morgan fingerprint density at radius 2 is 1.53 bits per heavy atom. The largest absolute Gasteiger partial charge is 0.324 e. The normalized spacial score (nSPS) is 11.2. The molecule has 4 aromatic rings. The highest BCUT2D eigenvalue weighted by Crippen LogP contribution is 2.27. The summed E-state index contributed by atoms with van der Waals surface area (Å²) in [6.45, 7) is 3.48. The maximum absolute atomic E-state index is 13.5. The number of thioether (sulfide) groups is 1. The summed E-state index contributed by atoms with van der Waals surface area (Å²) < 4.78 is 28.1. The minimum Gasteiger partial charge on any atom is -0.324 e. The molecule has 0 heterocycles. The number of amides is 1. The third-order valence-electron chi connectivity index (χ3n) is 5.62. The van der Waals surface area contributed by atoms with Gasteiger partial charge in [0.25, 0.3) is 10.0 Å². The fourth-order valence-corrected chi connectivity index (χ4v) is 6.07. The predicted molar refractivity (Wildman–Crippen MR) is 148 cm³/mol. The van der Waals surface area contributed by atoms with Crippen LogP contribution in [0.5, 0.6) is 0 Å². The molecule has 4 rings (SSSR count). The van der Waals surface area contributed by atoms with Gasteiger partial charge in [-0.1, -0.05) is 60.7 Å². The van der Waals surface area contributed by atoms with E-state index in [-0.39, 0.29) is 11.4 Å². The zero-order valence-corrected chi connectivity index (χ0v) is 21.9. The third-order valence-corrected chi connectivity index (χ3v) is 8.49. The molecule has 36 heavy (non-hydrogen) atoms. The molecule has 0 saturated carbocycles. The second-order valence-electron chi connectivity index (χ2n) is 8.46. The fourth-order valence-electron chi connectivity index (χ4n) is 3.78. The smallest absolute Gasteiger partial charge is 0.264 e. The van der Waals surface area contributed by atoms with E-state index in [4.69, 9.17) is 0 Å². The van der Waals surface area contributed by atoms with Crippen LogP contribution in [0, 0.1) is 13.8 Å². The molecule has 0 atom stereocenters. The highest BCUT2D eigenvalue weighted by atomic mass is 32.2. The summed E-state index contributed by atoms with van der Waals surface area (Å²) in [5.41, 5.74) is 4.07. The highest BCUT2D eigenvalue weighted by Gasteiger charge is 2.27. The van der Waals surface area contributed by atoms with Crippen molar-refractivity contribution in [1.82, 2.24) is 0 Å². The van der Waals surface area contributed by atoms with Crippen LogP contribution in [0.2, 0.25) is 0 Å². The van der Waals surface area contributed by atoms with Gasteiger partial charge in [-0.3, -0.25) is 9.10 Å². The Labute approximate surface area is 217 Å². The average molecular weight is 517 g/mol. The Bertz CT molecular complexity index is 1440. The van der Waals surface area contributed by atoms with Crippen molar-refractivity contribution in [3.63, 3.8) is 0 Å². The molecule has 0 aliphatic rings. The first-order valence-corrected chi connectivity index (χ1v) is 14.0. The number of rotatable bonds is 9. The van der Waals surface area contributed by atoms with Gasteiger partial charge in [0.1, 0.15) is 6.54 Å². The van der Waals surface area contributed by atoms with Gasteiger partial charge in [0.05, 0.1) is 10.6 Å². The summed E-state index contributed by atoms with van der Waals surface area (Å²) in [6.07, 6.45) is 0. The predicted octanol–water partition coefficient (Wildman–Crippen LogP) is 6.43. The number of benzene rings is 4. The molecule has 0 bridgehead atoms. The quantitative estimate of drug-likeness (QED) is 0.260. The number of hydrogen-bond donors (Lipinski definition) is 1. The Morgan fingerprint density at radius 3 is 2.19 bits per heavy atom. The fraction of sp³-hybridized carbons (Fsp3) is 0.138. The van der Waals surface area contributed by atoms with Crippen LogP contribution in [-0.4, -0.2) is 20.9 Å². The molecule has 7 heteroatoms. The van der Waals surface area contributed by atoms with E-state index < -0.39 is 15.9 Å². The molecule has 184 valence electrons. The molecule has 0 aliphatic carbocycles. The summed E-state index contributed by atoms with van der Waals surface area (Å²) in [5, 5.41) is 2.90.